The van der Waals surface area contributed by atoms with Gasteiger partial charge < -0.3 is 4.74 Å². The molecule has 2 aliphatic carbocycles. The molecule has 0 radical (unpaired) electrons. The van der Waals surface area contributed by atoms with Gasteiger partial charge >= 0.3 is 6.36 Å². The van der Waals surface area contributed by atoms with Crippen molar-refractivity contribution in [3.05, 3.63) is 64.2 Å². The van der Waals surface area contributed by atoms with Gasteiger partial charge in [0, 0.05) is 0 Å². The van der Waals surface area contributed by atoms with Crippen LogP contribution in [0, 0.1) is 17.6 Å². The number of fused-ring (bicyclic) bond motifs is 1. The minimum Gasteiger partial charge on any atom is -0.403 e. The van der Waals surface area contributed by atoms with Gasteiger partial charge in [0.05, 0.1) is 0 Å². The molecule has 0 saturated heterocycles. The molecule has 0 aromatic heterocycles. The molecule has 0 N–H and O–H groups in total. The van der Waals surface area contributed by atoms with Crippen LogP contribution in [0.3, 0.4) is 0 Å². The zero-order chi connectivity index (χ0) is 25.7. The van der Waals surface area contributed by atoms with Crippen LogP contribution in [0.15, 0.2) is 30.3 Å². The van der Waals surface area contributed by atoms with E-state index in [4.69, 9.17) is 0 Å². The van der Waals surface area contributed by atoms with Gasteiger partial charge in [0.25, 0.3) is 0 Å². The maximum absolute atomic E-state index is 15.2. The normalized spacial score (nSPS) is 22.3. The summed E-state index contributed by atoms with van der Waals surface area (Å²) in [5.41, 5.74) is 2.93. The second-order valence-corrected chi connectivity index (χ2v) is 10.7. The Labute approximate surface area is 211 Å². The fourth-order valence-electron chi connectivity index (χ4n) is 6.17. The highest BCUT2D eigenvalue weighted by molar-refractivity contribution is 5.41. The molecule has 0 spiro atoms. The van der Waals surface area contributed by atoms with Crippen molar-refractivity contribution < 1.29 is 26.7 Å². The Morgan fingerprint density at radius 3 is 2.25 bits per heavy atom. The van der Waals surface area contributed by atoms with E-state index in [1.165, 1.54) is 51.4 Å². The van der Waals surface area contributed by atoms with Crippen molar-refractivity contribution in [2.24, 2.45) is 5.92 Å². The third-order valence-corrected chi connectivity index (χ3v) is 8.21. The molecule has 0 aliphatic heterocycles. The number of unbranched alkanes of at least 4 members (excludes halogenated alkanes) is 4. The van der Waals surface area contributed by atoms with E-state index in [0.29, 0.717) is 41.9 Å². The van der Waals surface area contributed by atoms with Crippen LogP contribution in [0.25, 0.3) is 0 Å². The van der Waals surface area contributed by atoms with Crippen molar-refractivity contribution >= 4 is 0 Å². The van der Waals surface area contributed by atoms with Crippen LogP contribution in [-0.2, 0) is 12.8 Å². The van der Waals surface area contributed by atoms with E-state index in [-0.39, 0.29) is 11.7 Å². The van der Waals surface area contributed by atoms with Crippen molar-refractivity contribution in [2.75, 3.05) is 0 Å². The maximum Gasteiger partial charge on any atom is 0.573 e. The van der Waals surface area contributed by atoms with Crippen LogP contribution in [0.2, 0.25) is 0 Å². The molecular formula is C30H37F5O. The molecule has 1 saturated carbocycles. The Balaban J connectivity index is 1.34. The minimum absolute atomic E-state index is 0.122. The molecule has 198 valence electrons. The first-order valence-corrected chi connectivity index (χ1v) is 13.6. The second kappa shape index (κ2) is 12.0. The first-order valence-electron chi connectivity index (χ1n) is 13.6. The Morgan fingerprint density at radius 1 is 0.806 bits per heavy atom. The van der Waals surface area contributed by atoms with Crippen LogP contribution in [0.4, 0.5) is 22.0 Å². The summed E-state index contributed by atoms with van der Waals surface area (Å²) in [5, 5.41) is 0. The molecule has 1 nitrogen and oxygen atoms in total. The van der Waals surface area contributed by atoms with E-state index in [1.807, 2.05) is 12.1 Å². The SMILES string of the molecule is CCCCCCCC1CCC(c2ccc(C3CCc4cc(OC(F)(F)F)c(F)cc4C3)c(F)c2)CC1. The van der Waals surface area contributed by atoms with E-state index >= 15 is 4.39 Å². The molecule has 0 bridgehead atoms. The van der Waals surface area contributed by atoms with E-state index in [9.17, 15) is 17.6 Å². The summed E-state index contributed by atoms with van der Waals surface area (Å²) < 4.78 is 70.8. The molecule has 2 aromatic carbocycles. The van der Waals surface area contributed by atoms with Crippen molar-refractivity contribution in [1.82, 2.24) is 0 Å². The molecule has 6 heteroatoms. The van der Waals surface area contributed by atoms with Crippen LogP contribution < -0.4 is 4.74 Å². The molecule has 4 rings (SSSR count). The second-order valence-electron chi connectivity index (χ2n) is 10.7. The maximum atomic E-state index is 15.2. The Bertz CT molecular complexity index is 1010. The van der Waals surface area contributed by atoms with Crippen molar-refractivity contribution in [2.45, 2.75) is 109 Å². The van der Waals surface area contributed by atoms with Gasteiger partial charge in [-0.2, -0.15) is 0 Å². The summed E-state index contributed by atoms with van der Waals surface area (Å²) >= 11 is 0. The lowest BCUT2D eigenvalue weighted by Gasteiger charge is -2.30. The standard InChI is InChI=1S/C30H37F5O/c1-2-3-4-5-6-7-20-8-10-21(11-9-20)22-14-15-26(27(31)17-22)24-13-12-23-19-29(36-30(33,34)35)28(32)18-25(23)16-24/h14-15,17-21,24H,2-13,16H2,1H3. The van der Waals surface area contributed by atoms with Gasteiger partial charge in [0.1, 0.15) is 5.82 Å². The first kappa shape index (κ1) is 26.9. The fourth-order valence-corrected chi connectivity index (χ4v) is 6.17. The van der Waals surface area contributed by atoms with Gasteiger partial charge in [-0.15, -0.1) is 13.2 Å². The number of aryl methyl sites for hydroxylation is 1. The first-order chi connectivity index (χ1) is 17.2. The summed E-state index contributed by atoms with van der Waals surface area (Å²) in [7, 11) is 0. The fraction of sp³-hybridized carbons (Fsp3) is 0.600. The molecule has 36 heavy (non-hydrogen) atoms. The third-order valence-electron chi connectivity index (χ3n) is 8.21. The molecule has 1 unspecified atom stereocenters. The Morgan fingerprint density at radius 2 is 1.56 bits per heavy atom. The van der Waals surface area contributed by atoms with E-state index in [1.54, 1.807) is 6.07 Å². The van der Waals surface area contributed by atoms with Gasteiger partial charge in [0.2, 0.25) is 0 Å². The number of hydrogen-bond acceptors (Lipinski definition) is 1. The van der Waals surface area contributed by atoms with Gasteiger partial charge in [0.15, 0.2) is 11.6 Å². The molecular weight excluding hydrogens is 471 g/mol. The van der Waals surface area contributed by atoms with Crippen LogP contribution in [-0.4, -0.2) is 6.36 Å². The quantitative estimate of drug-likeness (QED) is 0.242. The monoisotopic (exact) mass is 508 g/mol. The van der Waals surface area contributed by atoms with Gasteiger partial charge in [-0.25, -0.2) is 8.78 Å². The van der Waals surface area contributed by atoms with Gasteiger partial charge in [-0.05, 0) is 103 Å². The zero-order valence-corrected chi connectivity index (χ0v) is 21.1. The number of rotatable bonds is 9. The lowest BCUT2D eigenvalue weighted by molar-refractivity contribution is -0.275. The Kier molecular flexibility index (Phi) is 8.95. The summed E-state index contributed by atoms with van der Waals surface area (Å²) in [6.07, 6.45) is 9.08. The predicted molar refractivity (Wildman–Crippen MR) is 132 cm³/mol. The topological polar surface area (TPSA) is 9.23 Å². The highest BCUT2D eigenvalue weighted by atomic mass is 19.4. The molecule has 2 aromatic rings. The largest absolute Gasteiger partial charge is 0.573 e. The van der Waals surface area contributed by atoms with Crippen molar-refractivity contribution in [1.29, 1.82) is 0 Å². The van der Waals surface area contributed by atoms with Crippen LogP contribution >= 0.6 is 0 Å². The average molecular weight is 509 g/mol. The summed E-state index contributed by atoms with van der Waals surface area (Å²) in [4.78, 5) is 0. The number of benzene rings is 2. The molecule has 1 atom stereocenters. The summed E-state index contributed by atoms with van der Waals surface area (Å²) in [6, 6.07) is 7.84. The number of hydrogen-bond donors (Lipinski definition) is 0. The lowest BCUT2D eigenvalue weighted by atomic mass is 9.76. The highest BCUT2D eigenvalue weighted by Crippen LogP contribution is 2.41. The van der Waals surface area contributed by atoms with Gasteiger partial charge in [-0.3, -0.25) is 0 Å². The average Bonchev–Trinajstić information content (AvgIpc) is 2.84. The molecule has 0 amide bonds. The van der Waals surface area contributed by atoms with Crippen molar-refractivity contribution in [3.63, 3.8) is 0 Å². The van der Waals surface area contributed by atoms with E-state index in [2.05, 4.69) is 11.7 Å². The highest BCUT2D eigenvalue weighted by Gasteiger charge is 2.33. The van der Waals surface area contributed by atoms with E-state index in [0.717, 1.165) is 36.5 Å². The van der Waals surface area contributed by atoms with Gasteiger partial charge in [-0.1, -0.05) is 57.6 Å². The van der Waals surface area contributed by atoms with Crippen LogP contribution in [0.1, 0.15) is 112 Å². The van der Waals surface area contributed by atoms with E-state index < -0.39 is 17.9 Å². The summed E-state index contributed by atoms with van der Waals surface area (Å²) in [5.74, 6) is -0.990. The van der Waals surface area contributed by atoms with Crippen LogP contribution in [0.5, 0.6) is 5.75 Å². The number of halogens is 5. The minimum atomic E-state index is -4.94. The predicted octanol–water partition coefficient (Wildman–Crippen LogP) is 9.77. The smallest absolute Gasteiger partial charge is 0.403 e. The summed E-state index contributed by atoms with van der Waals surface area (Å²) in [6.45, 7) is 2.24. The number of ether oxygens (including phenoxy) is 1. The number of alkyl halides is 3. The molecule has 0 heterocycles. The van der Waals surface area contributed by atoms with Crippen molar-refractivity contribution in [3.8, 4) is 5.75 Å². The molecule has 1 fully saturated rings. The third kappa shape index (κ3) is 7.01. The zero-order valence-electron chi connectivity index (χ0n) is 21.1. The lowest BCUT2D eigenvalue weighted by Crippen LogP contribution is -2.20. The molecule has 2 aliphatic rings. The Hall–Kier alpha value is -2.11.